The average Bonchev–Trinajstić information content (AvgIpc) is 3.57. The molecule has 2 saturated carbocycles. The van der Waals surface area contributed by atoms with Crippen molar-refractivity contribution in [3.63, 3.8) is 0 Å². The Hall–Kier alpha value is -1.83. The summed E-state index contributed by atoms with van der Waals surface area (Å²) in [6, 6.07) is 18.0. The maximum absolute atomic E-state index is 14.3. The van der Waals surface area contributed by atoms with Crippen molar-refractivity contribution in [1.82, 2.24) is 0 Å². The quantitative estimate of drug-likeness (QED) is 0.546. The van der Waals surface area contributed by atoms with Gasteiger partial charge in [-0.3, -0.25) is 0 Å². The molecule has 2 fully saturated rings. The fourth-order valence-electron chi connectivity index (χ4n) is 4.32. The van der Waals surface area contributed by atoms with Gasteiger partial charge in [-0.25, -0.2) is 4.39 Å². The second-order valence-electron chi connectivity index (χ2n) is 8.19. The largest absolute Gasteiger partial charge is 0.370 e. The van der Waals surface area contributed by atoms with Crippen molar-refractivity contribution >= 4 is 11.8 Å². The van der Waals surface area contributed by atoms with E-state index in [1.807, 2.05) is 24.5 Å². The molecule has 146 valence electrons. The van der Waals surface area contributed by atoms with Gasteiger partial charge in [-0.15, -0.1) is 11.8 Å². The summed E-state index contributed by atoms with van der Waals surface area (Å²) in [6.07, 6.45) is 7.33. The summed E-state index contributed by atoms with van der Waals surface area (Å²) in [7, 11) is 0. The third kappa shape index (κ3) is 3.83. The maximum Gasteiger partial charge on any atom is 0.124 e. The van der Waals surface area contributed by atoms with Gasteiger partial charge in [-0.2, -0.15) is 5.26 Å². The molecule has 0 unspecified atom stereocenters. The van der Waals surface area contributed by atoms with Gasteiger partial charge in [-0.1, -0.05) is 30.3 Å². The number of benzene rings is 2. The van der Waals surface area contributed by atoms with Crippen molar-refractivity contribution < 1.29 is 9.13 Å². The molecule has 0 amide bonds. The first-order chi connectivity index (χ1) is 13.6. The molecule has 2 aromatic carbocycles. The second kappa shape index (κ2) is 7.89. The minimum atomic E-state index is -0.496. The van der Waals surface area contributed by atoms with Gasteiger partial charge < -0.3 is 4.74 Å². The minimum absolute atomic E-state index is 0.212. The summed E-state index contributed by atoms with van der Waals surface area (Å²) in [5, 5.41) is 10.0. The Morgan fingerprint density at radius 3 is 2.39 bits per heavy atom. The number of hydrogen-bond acceptors (Lipinski definition) is 3. The van der Waals surface area contributed by atoms with Crippen LogP contribution >= 0.6 is 11.8 Å². The van der Waals surface area contributed by atoms with Crippen LogP contribution in [-0.2, 0) is 15.8 Å². The van der Waals surface area contributed by atoms with Crippen molar-refractivity contribution in [2.75, 3.05) is 12.9 Å². The highest BCUT2D eigenvalue weighted by molar-refractivity contribution is 7.98. The topological polar surface area (TPSA) is 33.0 Å². The molecule has 0 radical (unpaired) electrons. The van der Waals surface area contributed by atoms with Crippen LogP contribution in [0.1, 0.15) is 49.7 Å². The van der Waals surface area contributed by atoms with Gasteiger partial charge in [0.05, 0.1) is 23.7 Å². The van der Waals surface area contributed by atoms with E-state index < -0.39 is 11.0 Å². The average molecular weight is 396 g/mol. The molecule has 0 aromatic heterocycles. The highest BCUT2D eigenvalue weighted by atomic mass is 32.2. The Balaban J connectivity index is 1.65. The van der Waals surface area contributed by atoms with Gasteiger partial charge in [0.25, 0.3) is 0 Å². The second-order valence-corrected chi connectivity index (χ2v) is 9.07. The smallest absolute Gasteiger partial charge is 0.124 e. The summed E-state index contributed by atoms with van der Waals surface area (Å²) >= 11 is 1.55. The highest BCUT2D eigenvalue weighted by Gasteiger charge is 2.46. The van der Waals surface area contributed by atoms with E-state index in [0.717, 1.165) is 48.3 Å². The molecule has 0 N–H and O–H groups in total. The fourth-order valence-corrected chi connectivity index (χ4v) is 4.80. The number of nitrogens with zero attached hydrogens (tertiary/aromatic N) is 1. The molecule has 4 rings (SSSR count). The highest BCUT2D eigenvalue weighted by Crippen LogP contribution is 2.50. The summed E-state index contributed by atoms with van der Waals surface area (Å²) < 4.78 is 20.8. The molecule has 4 heteroatoms. The van der Waals surface area contributed by atoms with E-state index in [-0.39, 0.29) is 5.82 Å². The lowest BCUT2D eigenvalue weighted by Gasteiger charge is -2.44. The van der Waals surface area contributed by atoms with Crippen LogP contribution in [0.5, 0.6) is 0 Å². The molecule has 0 bridgehead atoms. The Morgan fingerprint density at radius 2 is 1.79 bits per heavy atom. The Bertz CT molecular complexity index is 864. The van der Waals surface area contributed by atoms with Crippen LogP contribution in [0.2, 0.25) is 0 Å². The molecular weight excluding hydrogens is 369 g/mol. The van der Waals surface area contributed by atoms with E-state index in [2.05, 4.69) is 24.3 Å². The van der Waals surface area contributed by atoms with E-state index in [1.54, 1.807) is 23.9 Å². The van der Waals surface area contributed by atoms with Gasteiger partial charge in [-0.05, 0) is 80.0 Å². The van der Waals surface area contributed by atoms with Crippen LogP contribution < -0.4 is 0 Å². The molecule has 2 aliphatic rings. The predicted octanol–water partition coefficient (Wildman–Crippen LogP) is 6.21. The van der Waals surface area contributed by atoms with E-state index in [1.165, 1.54) is 12.8 Å². The molecule has 0 saturated heterocycles. The van der Waals surface area contributed by atoms with Crippen LogP contribution in [0.25, 0.3) is 0 Å². The first kappa shape index (κ1) is 19.5. The number of rotatable bonds is 6. The van der Waals surface area contributed by atoms with Crippen LogP contribution in [0, 0.1) is 23.1 Å². The van der Waals surface area contributed by atoms with E-state index in [0.29, 0.717) is 5.92 Å². The Labute approximate surface area is 171 Å². The predicted molar refractivity (Wildman–Crippen MR) is 111 cm³/mol. The molecule has 2 aliphatic carbocycles. The molecule has 2 aromatic rings. The van der Waals surface area contributed by atoms with Gasteiger partial charge >= 0.3 is 0 Å². The molecule has 0 spiro atoms. The van der Waals surface area contributed by atoms with Gasteiger partial charge in [0, 0.05) is 4.90 Å². The molecule has 2 nitrogen and oxygen atoms in total. The minimum Gasteiger partial charge on any atom is -0.370 e. The van der Waals surface area contributed by atoms with Crippen LogP contribution in [0.4, 0.5) is 4.39 Å². The van der Waals surface area contributed by atoms with E-state index in [9.17, 15) is 9.65 Å². The molecule has 0 heterocycles. The van der Waals surface area contributed by atoms with Crippen molar-refractivity contribution in [3.05, 3.63) is 65.5 Å². The first-order valence-corrected chi connectivity index (χ1v) is 11.3. The van der Waals surface area contributed by atoms with Gasteiger partial charge in [0.15, 0.2) is 0 Å². The molecule has 0 atom stereocenters. The first-order valence-electron chi connectivity index (χ1n) is 10.0. The lowest BCUT2D eigenvalue weighted by Crippen LogP contribution is -2.41. The summed E-state index contributed by atoms with van der Waals surface area (Å²) in [6.45, 7) is 0.732. The lowest BCUT2D eigenvalue weighted by atomic mass is 9.64. The fraction of sp³-hybridized carbons (Fsp3) is 0.458. The number of hydrogen-bond donors (Lipinski definition) is 0. The van der Waals surface area contributed by atoms with E-state index in [4.69, 9.17) is 4.74 Å². The number of nitriles is 1. The van der Waals surface area contributed by atoms with Gasteiger partial charge in [0.2, 0.25) is 0 Å². The van der Waals surface area contributed by atoms with Crippen LogP contribution in [0.3, 0.4) is 0 Å². The number of ether oxygens (including phenoxy) is 1. The third-order valence-electron chi connectivity index (χ3n) is 6.38. The van der Waals surface area contributed by atoms with Crippen molar-refractivity contribution in [3.8, 4) is 6.07 Å². The van der Waals surface area contributed by atoms with Gasteiger partial charge in [0.1, 0.15) is 5.82 Å². The zero-order chi connectivity index (χ0) is 19.6. The van der Waals surface area contributed by atoms with Crippen molar-refractivity contribution in [2.45, 2.75) is 54.4 Å². The molecule has 0 aliphatic heterocycles. The number of thioether (sulfide) groups is 1. The van der Waals surface area contributed by atoms with Crippen LogP contribution in [-0.4, -0.2) is 12.9 Å². The Morgan fingerprint density at radius 1 is 1.07 bits per heavy atom. The Kier molecular flexibility index (Phi) is 5.49. The monoisotopic (exact) mass is 395 g/mol. The molecule has 28 heavy (non-hydrogen) atoms. The SMILES string of the molecule is CSc1cc(F)cc([C@]2(OCC3CC3)CC[C@@](C#N)(c3ccccc3)CC2)c1. The lowest BCUT2D eigenvalue weighted by molar-refractivity contribution is -0.0883. The zero-order valence-corrected chi connectivity index (χ0v) is 17.1. The molecular formula is C24H26FNOS. The normalized spacial score (nSPS) is 27.3. The summed E-state index contributed by atoms with van der Waals surface area (Å²) in [5.41, 5.74) is 1.03. The van der Waals surface area contributed by atoms with Crippen molar-refractivity contribution in [1.29, 1.82) is 5.26 Å². The standard InChI is InChI=1S/C24H26FNOS/c1-28-22-14-20(13-21(25)15-22)24(27-16-18-7-8-18)11-9-23(17-26,10-12-24)19-5-3-2-4-6-19/h2-6,13-15,18H,7-12,16H2,1H3/t23-,24+. The maximum atomic E-state index is 14.3. The summed E-state index contributed by atoms with van der Waals surface area (Å²) in [5.74, 6) is 0.429. The summed E-state index contributed by atoms with van der Waals surface area (Å²) in [4.78, 5) is 0.921. The zero-order valence-electron chi connectivity index (χ0n) is 16.3. The van der Waals surface area contributed by atoms with Crippen molar-refractivity contribution in [2.24, 2.45) is 5.92 Å². The van der Waals surface area contributed by atoms with E-state index >= 15 is 0 Å². The third-order valence-corrected chi connectivity index (χ3v) is 7.08. The number of halogens is 1. The van der Waals surface area contributed by atoms with Crippen LogP contribution in [0.15, 0.2) is 53.4 Å².